The van der Waals surface area contributed by atoms with E-state index in [1.807, 2.05) is 16.4 Å². The van der Waals surface area contributed by atoms with Crippen molar-refractivity contribution in [2.45, 2.75) is 38.8 Å². The lowest BCUT2D eigenvalue weighted by Crippen LogP contribution is -2.41. The van der Waals surface area contributed by atoms with Crippen molar-refractivity contribution < 1.29 is 14.3 Å². The highest BCUT2D eigenvalue weighted by atomic mass is 16.5. The molecule has 0 radical (unpaired) electrons. The minimum Gasteiger partial charge on any atom is -0.383 e. The highest BCUT2D eigenvalue weighted by molar-refractivity contribution is 5.92. The Hall–Kier alpha value is -1.89. The van der Waals surface area contributed by atoms with Crippen LogP contribution < -0.4 is 5.32 Å². The highest BCUT2D eigenvalue weighted by Gasteiger charge is 2.33. The molecule has 2 amide bonds. The average molecular weight is 320 g/mol. The van der Waals surface area contributed by atoms with Gasteiger partial charge in [-0.3, -0.25) is 9.59 Å². The van der Waals surface area contributed by atoms with Crippen LogP contribution >= 0.6 is 0 Å². The van der Waals surface area contributed by atoms with Crippen molar-refractivity contribution >= 4 is 11.8 Å². The van der Waals surface area contributed by atoms with Crippen LogP contribution in [0.4, 0.5) is 0 Å². The first kappa shape index (κ1) is 16.0. The van der Waals surface area contributed by atoms with Crippen LogP contribution in [-0.4, -0.2) is 53.1 Å². The third kappa shape index (κ3) is 3.55. The fraction of sp³-hybridized carbons (Fsp3) is 0.688. The summed E-state index contributed by atoms with van der Waals surface area (Å²) in [6.07, 6.45) is 4.77. The molecule has 0 saturated heterocycles. The van der Waals surface area contributed by atoms with Gasteiger partial charge < -0.3 is 19.5 Å². The minimum atomic E-state index is -0.202. The fourth-order valence-corrected chi connectivity index (χ4v) is 2.98. The SMILES string of the molecule is COCCNC(=O)c1cn2c(n1)[C@@H](C)N(C(=O)CC1CC1)CC2. The van der Waals surface area contributed by atoms with Gasteiger partial charge in [0.15, 0.2) is 0 Å². The van der Waals surface area contributed by atoms with Gasteiger partial charge in [0, 0.05) is 39.4 Å². The number of nitrogens with one attached hydrogen (secondary N) is 1. The standard InChI is InChI=1S/C16H24N4O3/c1-11-15-18-13(16(22)17-5-8-23-2)10-19(15)6-7-20(11)14(21)9-12-3-4-12/h10-12H,3-9H2,1-2H3,(H,17,22)/t11-/m1/s1. The van der Waals surface area contributed by atoms with Gasteiger partial charge in [-0.15, -0.1) is 0 Å². The molecule has 1 atom stereocenters. The highest BCUT2D eigenvalue weighted by Crippen LogP contribution is 2.34. The third-order valence-electron chi connectivity index (χ3n) is 4.54. The molecule has 1 N–H and O–H groups in total. The summed E-state index contributed by atoms with van der Waals surface area (Å²) in [6.45, 7) is 4.28. The van der Waals surface area contributed by atoms with Crippen LogP contribution in [0.2, 0.25) is 0 Å². The fourth-order valence-electron chi connectivity index (χ4n) is 2.98. The quantitative estimate of drug-likeness (QED) is 0.792. The maximum atomic E-state index is 12.4. The summed E-state index contributed by atoms with van der Waals surface area (Å²) in [5, 5.41) is 2.77. The summed E-state index contributed by atoms with van der Waals surface area (Å²) >= 11 is 0. The molecule has 7 heteroatoms. The van der Waals surface area contributed by atoms with Crippen LogP contribution in [0.3, 0.4) is 0 Å². The normalized spacial score (nSPS) is 20.3. The number of nitrogens with zero attached hydrogens (tertiary/aromatic N) is 3. The molecular weight excluding hydrogens is 296 g/mol. The molecule has 2 aliphatic rings. The van der Waals surface area contributed by atoms with Gasteiger partial charge in [0.2, 0.25) is 5.91 Å². The first-order chi connectivity index (χ1) is 11.1. The number of amides is 2. The van der Waals surface area contributed by atoms with Gasteiger partial charge in [-0.25, -0.2) is 4.98 Å². The van der Waals surface area contributed by atoms with Gasteiger partial charge in [0.05, 0.1) is 12.6 Å². The number of hydrogen-bond acceptors (Lipinski definition) is 4. The van der Waals surface area contributed by atoms with Crippen LogP contribution in [0.15, 0.2) is 6.20 Å². The molecule has 23 heavy (non-hydrogen) atoms. The van der Waals surface area contributed by atoms with E-state index in [1.54, 1.807) is 13.3 Å². The molecule has 1 aromatic heterocycles. The van der Waals surface area contributed by atoms with Crippen LogP contribution in [0, 0.1) is 5.92 Å². The predicted molar refractivity (Wildman–Crippen MR) is 83.9 cm³/mol. The maximum absolute atomic E-state index is 12.4. The van der Waals surface area contributed by atoms with Crippen LogP contribution in [0.5, 0.6) is 0 Å². The molecule has 1 saturated carbocycles. The number of carbonyl (C=O) groups excluding carboxylic acids is 2. The van der Waals surface area contributed by atoms with Crippen molar-refractivity contribution in [3.63, 3.8) is 0 Å². The first-order valence-electron chi connectivity index (χ1n) is 8.24. The third-order valence-corrected chi connectivity index (χ3v) is 4.54. The van der Waals surface area contributed by atoms with Gasteiger partial charge in [-0.2, -0.15) is 0 Å². The van der Waals surface area contributed by atoms with Gasteiger partial charge in [0.1, 0.15) is 11.5 Å². The van der Waals surface area contributed by atoms with E-state index in [0.29, 0.717) is 44.3 Å². The van der Waals surface area contributed by atoms with Gasteiger partial charge in [0.25, 0.3) is 5.91 Å². The first-order valence-corrected chi connectivity index (χ1v) is 8.24. The lowest BCUT2D eigenvalue weighted by Gasteiger charge is -2.33. The van der Waals surface area contributed by atoms with E-state index in [-0.39, 0.29) is 17.9 Å². The Labute approximate surface area is 136 Å². The summed E-state index contributed by atoms with van der Waals surface area (Å²) in [5.74, 6) is 1.38. The Morgan fingerprint density at radius 3 is 2.87 bits per heavy atom. The maximum Gasteiger partial charge on any atom is 0.271 e. The molecule has 3 rings (SSSR count). The summed E-state index contributed by atoms with van der Waals surface area (Å²) in [5.41, 5.74) is 0.402. The molecule has 7 nitrogen and oxygen atoms in total. The second-order valence-corrected chi connectivity index (χ2v) is 6.34. The topological polar surface area (TPSA) is 76.5 Å². The summed E-state index contributed by atoms with van der Waals surface area (Å²) in [4.78, 5) is 30.8. The molecule has 0 spiro atoms. The zero-order valence-corrected chi connectivity index (χ0v) is 13.7. The van der Waals surface area contributed by atoms with E-state index < -0.39 is 0 Å². The van der Waals surface area contributed by atoms with Crippen molar-refractivity contribution in [1.82, 2.24) is 19.8 Å². The van der Waals surface area contributed by atoms with Crippen molar-refractivity contribution in [3.05, 3.63) is 17.7 Å². The Bertz CT molecular complexity index is 594. The molecule has 0 bridgehead atoms. The van der Waals surface area contributed by atoms with Crippen LogP contribution in [0.25, 0.3) is 0 Å². The Morgan fingerprint density at radius 2 is 2.17 bits per heavy atom. The van der Waals surface area contributed by atoms with Crippen LogP contribution in [-0.2, 0) is 16.1 Å². The van der Waals surface area contributed by atoms with Gasteiger partial charge in [-0.05, 0) is 25.7 Å². The lowest BCUT2D eigenvalue weighted by molar-refractivity contribution is -0.134. The second-order valence-electron chi connectivity index (χ2n) is 6.34. The molecule has 126 valence electrons. The lowest BCUT2D eigenvalue weighted by atomic mass is 10.1. The van der Waals surface area contributed by atoms with E-state index in [9.17, 15) is 9.59 Å². The molecule has 2 heterocycles. The summed E-state index contributed by atoms with van der Waals surface area (Å²) in [7, 11) is 1.59. The zero-order chi connectivity index (χ0) is 16.4. The Kier molecular flexibility index (Phi) is 4.66. The van der Waals surface area contributed by atoms with E-state index in [4.69, 9.17) is 4.74 Å². The van der Waals surface area contributed by atoms with Crippen molar-refractivity contribution in [3.8, 4) is 0 Å². The number of hydrogen-bond donors (Lipinski definition) is 1. The van der Waals surface area contributed by atoms with E-state index in [1.165, 1.54) is 12.8 Å². The molecule has 1 fully saturated rings. The zero-order valence-electron chi connectivity index (χ0n) is 13.7. The molecule has 1 aliphatic heterocycles. The van der Waals surface area contributed by atoms with E-state index >= 15 is 0 Å². The van der Waals surface area contributed by atoms with Crippen molar-refractivity contribution in [1.29, 1.82) is 0 Å². The molecule has 0 unspecified atom stereocenters. The average Bonchev–Trinajstić information content (AvgIpc) is 3.22. The number of imidazole rings is 1. The smallest absolute Gasteiger partial charge is 0.271 e. The molecule has 1 aliphatic carbocycles. The number of rotatable bonds is 6. The van der Waals surface area contributed by atoms with Crippen LogP contribution in [0.1, 0.15) is 48.5 Å². The van der Waals surface area contributed by atoms with Gasteiger partial charge in [-0.1, -0.05) is 0 Å². The number of methoxy groups -OCH3 is 1. The molecule has 0 aromatic carbocycles. The minimum absolute atomic E-state index is 0.0875. The Morgan fingerprint density at radius 1 is 1.39 bits per heavy atom. The van der Waals surface area contributed by atoms with Crippen molar-refractivity contribution in [2.75, 3.05) is 26.8 Å². The van der Waals surface area contributed by atoms with E-state index in [0.717, 1.165) is 5.82 Å². The number of fused-ring (bicyclic) bond motifs is 1. The van der Waals surface area contributed by atoms with Gasteiger partial charge >= 0.3 is 0 Å². The molecular formula is C16H24N4O3. The largest absolute Gasteiger partial charge is 0.383 e. The Balaban J connectivity index is 1.67. The second kappa shape index (κ2) is 6.70. The summed E-state index contributed by atoms with van der Waals surface area (Å²) in [6, 6.07) is -0.0875. The number of carbonyl (C=O) groups is 2. The van der Waals surface area contributed by atoms with E-state index in [2.05, 4.69) is 10.3 Å². The summed E-state index contributed by atoms with van der Waals surface area (Å²) < 4.78 is 6.90. The van der Waals surface area contributed by atoms with Crippen molar-refractivity contribution in [2.24, 2.45) is 5.92 Å². The monoisotopic (exact) mass is 320 g/mol. The number of aromatic nitrogens is 2. The molecule has 1 aromatic rings. The number of ether oxygens (including phenoxy) is 1. The predicted octanol–water partition coefficient (Wildman–Crippen LogP) is 0.963.